The number of nitriles is 1. The Labute approximate surface area is 106 Å². The first-order valence-electron chi connectivity index (χ1n) is 5.89. The lowest BCUT2D eigenvalue weighted by Crippen LogP contribution is -2.07. The van der Waals surface area contributed by atoms with Gasteiger partial charge < -0.3 is 10.3 Å². The standard InChI is InChI=1S/C13H15N5/c1-10-4-5-11(9-14)13(18-10)17-6-2-3-12-15-7-8-16-12/h4-5,7-8H,2-3,6H2,1H3,(H,15,16)(H,17,18). The Morgan fingerprint density at radius 3 is 3.06 bits per heavy atom. The molecular formula is C13H15N5. The van der Waals surface area contributed by atoms with Crippen molar-refractivity contribution in [1.82, 2.24) is 15.0 Å². The molecule has 0 aromatic carbocycles. The van der Waals surface area contributed by atoms with Crippen LogP contribution in [-0.2, 0) is 6.42 Å². The largest absolute Gasteiger partial charge is 0.369 e. The maximum atomic E-state index is 8.97. The quantitative estimate of drug-likeness (QED) is 0.785. The molecule has 2 N–H and O–H groups in total. The lowest BCUT2D eigenvalue weighted by atomic mass is 10.2. The summed E-state index contributed by atoms with van der Waals surface area (Å²) in [6.45, 7) is 2.68. The van der Waals surface area contributed by atoms with Crippen molar-refractivity contribution in [1.29, 1.82) is 5.26 Å². The summed E-state index contributed by atoms with van der Waals surface area (Å²) in [7, 11) is 0. The summed E-state index contributed by atoms with van der Waals surface area (Å²) in [6, 6.07) is 5.76. The van der Waals surface area contributed by atoms with E-state index in [4.69, 9.17) is 5.26 Å². The third kappa shape index (κ3) is 3.08. The molecular weight excluding hydrogens is 226 g/mol. The van der Waals surface area contributed by atoms with Crippen molar-refractivity contribution in [2.75, 3.05) is 11.9 Å². The molecule has 5 heteroatoms. The van der Waals surface area contributed by atoms with Gasteiger partial charge in [0.2, 0.25) is 0 Å². The number of nitrogens with zero attached hydrogens (tertiary/aromatic N) is 3. The van der Waals surface area contributed by atoms with E-state index in [1.165, 1.54) is 0 Å². The van der Waals surface area contributed by atoms with Gasteiger partial charge >= 0.3 is 0 Å². The zero-order chi connectivity index (χ0) is 12.8. The smallest absolute Gasteiger partial charge is 0.144 e. The number of nitrogens with one attached hydrogen (secondary N) is 2. The van der Waals surface area contributed by atoms with Crippen LogP contribution in [0.15, 0.2) is 24.5 Å². The van der Waals surface area contributed by atoms with E-state index in [9.17, 15) is 0 Å². The van der Waals surface area contributed by atoms with Gasteiger partial charge in [0.1, 0.15) is 17.7 Å². The van der Waals surface area contributed by atoms with Crippen LogP contribution in [0.3, 0.4) is 0 Å². The van der Waals surface area contributed by atoms with Crippen molar-refractivity contribution >= 4 is 5.82 Å². The predicted molar refractivity (Wildman–Crippen MR) is 69.1 cm³/mol. The van der Waals surface area contributed by atoms with E-state index in [1.807, 2.05) is 19.2 Å². The molecule has 0 unspecified atom stereocenters. The van der Waals surface area contributed by atoms with Gasteiger partial charge in [0, 0.05) is 31.1 Å². The van der Waals surface area contributed by atoms with Crippen LogP contribution >= 0.6 is 0 Å². The van der Waals surface area contributed by atoms with Gasteiger partial charge in [-0.25, -0.2) is 9.97 Å². The van der Waals surface area contributed by atoms with Gasteiger partial charge in [-0.2, -0.15) is 5.26 Å². The highest BCUT2D eigenvalue weighted by atomic mass is 15.0. The highest BCUT2D eigenvalue weighted by molar-refractivity contribution is 5.52. The Kier molecular flexibility index (Phi) is 3.92. The van der Waals surface area contributed by atoms with Gasteiger partial charge in [-0.1, -0.05) is 0 Å². The second-order valence-electron chi connectivity index (χ2n) is 4.03. The number of rotatable bonds is 5. The molecule has 0 atom stereocenters. The van der Waals surface area contributed by atoms with Crippen molar-refractivity contribution in [2.45, 2.75) is 19.8 Å². The van der Waals surface area contributed by atoms with Crippen molar-refractivity contribution in [3.05, 3.63) is 41.6 Å². The third-order valence-corrected chi connectivity index (χ3v) is 2.59. The molecule has 18 heavy (non-hydrogen) atoms. The van der Waals surface area contributed by atoms with Gasteiger partial charge in [-0.3, -0.25) is 0 Å². The SMILES string of the molecule is Cc1ccc(C#N)c(NCCCc2ncc[nH]2)n1. The van der Waals surface area contributed by atoms with E-state index in [2.05, 4.69) is 26.3 Å². The number of aromatic nitrogens is 3. The summed E-state index contributed by atoms with van der Waals surface area (Å²) in [5.74, 6) is 1.64. The topological polar surface area (TPSA) is 77.4 Å². The predicted octanol–water partition coefficient (Wildman–Crippen LogP) is 2.03. The van der Waals surface area contributed by atoms with E-state index >= 15 is 0 Å². The molecule has 0 saturated carbocycles. The van der Waals surface area contributed by atoms with E-state index in [0.717, 1.165) is 30.9 Å². The number of H-pyrrole nitrogens is 1. The van der Waals surface area contributed by atoms with E-state index in [-0.39, 0.29) is 0 Å². The van der Waals surface area contributed by atoms with Crippen LogP contribution in [0.2, 0.25) is 0 Å². The minimum absolute atomic E-state index is 0.582. The van der Waals surface area contributed by atoms with Gasteiger partial charge in [0.25, 0.3) is 0 Å². The Balaban J connectivity index is 1.86. The molecule has 0 radical (unpaired) electrons. The molecule has 92 valence electrons. The number of hydrogen-bond donors (Lipinski definition) is 2. The normalized spacial score (nSPS) is 10.0. The first-order valence-corrected chi connectivity index (χ1v) is 5.89. The Morgan fingerprint density at radius 1 is 1.44 bits per heavy atom. The highest BCUT2D eigenvalue weighted by Crippen LogP contribution is 2.12. The fraction of sp³-hybridized carbons (Fsp3) is 0.308. The molecule has 2 rings (SSSR count). The Bertz CT molecular complexity index is 539. The lowest BCUT2D eigenvalue weighted by molar-refractivity contribution is 0.813. The third-order valence-electron chi connectivity index (χ3n) is 2.59. The minimum Gasteiger partial charge on any atom is -0.369 e. The van der Waals surface area contributed by atoms with Gasteiger partial charge in [0.05, 0.1) is 5.56 Å². The van der Waals surface area contributed by atoms with Crippen LogP contribution in [0.5, 0.6) is 0 Å². The van der Waals surface area contributed by atoms with Crippen molar-refractivity contribution in [2.24, 2.45) is 0 Å². The molecule has 0 bridgehead atoms. The summed E-state index contributed by atoms with van der Waals surface area (Å²) >= 11 is 0. The molecule has 0 saturated heterocycles. The fourth-order valence-corrected chi connectivity index (χ4v) is 1.68. The fourth-order valence-electron chi connectivity index (χ4n) is 1.68. The van der Waals surface area contributed by atoms with E-state index < -0.39 is 0 Å². The molecule has 0 spiro atoms. The van der Waals surface area contributed by atoms with Crippen LogP contribution in [0, 0.1) is 18.3 Å². The Morgan fingerprint density at radius 2 is 2.33 bits per heavy atom. The number of imidazole rings is 1. The van der Waals surface area contributed by atoms with Crippen molar-refractivity contribution in [3.8, 4) is 6.07 Å². The molecule has 0 fully saturated rings. The highest BCUT2D eigenvalue weighted by Gasteiger charge is 2.03. The van der Waals surface area contributed by atoms with Crippen molar-refractivity contribution < 1.29 is 0 Å². The maximum absolute atomic E-state index is 8.97. The first kappa shape index (κ1) is 12.1. The summed E-state index contributed by atoms with van der Waals surface area (Å²) < 4.78 is 0. The van der Waals surface area contributed by atoms with Gasteiger partial charge in [-0.05, 0) is 25.5 Å². The number of aryl methyl sites for hydroxylation is 2. The second-order valence-corrected chi connectivity index (χ2v) is 4.03. The number of hydrogen-bond acceptors (Lipinski definition) is 4. The van der Waals surface area contributed by atoms with E-state index in [0.29, 0.717) is 11.4 Å². The molecule has 2 aromatic rings. The molecule has 2 heterocycles. The lowest BCUT2D eigenvalue weighted by Gasteiger charge is -2.07. The van der Waals surface area contributed by atoms with Crippen LogP contribution in [0.25, 0.3) is 0 Å². The maximum Gasteiger partial charge on any atom is 0.144 e. The average molecular weight is 241 g/mol. The molecule has 2 aromatic heterocycles. The molecule has 0 aliphatic rings. The first-order chi connectivity index (χ1) is 8.79. The molecule has 0 amide bonds. The monoisotopic (exact) mass is 241 g/mol. The zero-order valence-corrected chi connectivity index (χ0v) is 10.3. The van der Waals surface area contributed by atoms with Gasteiger partial charge in [-0.15, -0.1) is 0 Å². The Hall–Kier alpha value is -2.35. The van der Waals surface area contributed by atoms with E-state index in [1.54, 1.807) is 12.3 Å². The number of aromatic amines is 1. The second kappa shape index (κ2) is 5.82. The molecule has 0 aliphatic carbocycles. The summed E-state index contributed by atoms with van der Waals surface area (Å²) in [5.41, 5.74) is 1.49. The van der Waals surface area contributed by atoms with Crippen LogP contribution in [0.4, 0.5) is 5.82 Å². The zero-order valence-electron chi connectivity index (χ0n) is 10.3. The van der Waals surface area contributed by atoms with Crippen LogP contribution < -0.4 is 5.32 Å². The summed E-state index contributed by atoms with van der Waals surface area (Å²) in [4.78, 5) is 11.5. The molecule has 0 aliphatic heterocycles. The van der Waals surface area contributed by atoms with Gasteiger partial charge in [0.15, 0.2) is 0 Å². The number of pyridine rings is 1. The van der Waals surface area contributed by atoms with Crippen molar-refractivity contribution in [3.63, 3.8) is 0 Å². The minimum atomic E-state index is 0.582. The number of anilines is 1. The summed E-state index contributed by atoms with van der Waals surface area (Å²) in [5, 5.41) is 12.2. The average Bonchev–Trinajstić information content (AvgIpc) is 2.88. The summed E-state index contributed by atoms with van der Waals surface area (Å²) in [6.07, 6.45) is 5.39. The van der Waals surface area contributed by atoms with Crippen LogP contribution in [-0.4, -0.2) is 21.5 Å². The molecule has 5 nitrogen and oxygen atoms in total. The van der Waals surface area contributed by atoms with Crippen LogP contribution in [0.1, 0.15) is 23.5 Å².